The van der Waals surface area contributed by atoms with Gasteiger partial charge in [0.15, 0.2) is 0 Å². The normalized spacial score (nSPS) is 17.9. The standard InChI is InChI=1S/C27H25Br2N3O3S/c28-20-7-5-18(6-8-20)15-32-26(34)24(36-27(32)35)13-19-16-31(23-10-9-21(29)14-22(19)23)17-25(33)30-11-3-1-2-4-12-30/h5-10,13-14,16H,1-4,11-12,15,17H2/b24-13-. The van der Waals surface area contributed by atoms with Crippen LogP contribution in [0.5, 0.6) is 0 Å². The van der Waals surface area contributed by atoms with Crippen molar-refractivity contribution in [1.29, 1.82) is 0 Å². The molecule has 0 atom stereocenters. The topological polar surface area (TPSA) is 62.6 Å². The molecule has 2 aromatic carbocycles. The fourth-order valence-electron chi connectivity index (χ4n) is 4.66. The van der Waals surface area contributed by atoms with Crippen molar-refractivity contribution < 1.29 is 14.4 Å². The Morgan fingerprint density at radius 1 is 0.944 bits per heavy atom. The maximum Gasteiger partial charge on any atom is 0.293 e. The fourth-order valence-corrected chi connectivity index (χ4v) is 6.11. The van der Waals surface area contributed by atoms with Crippen molar-refractivity contribution in [3.05, 3.63) is 73.6 Å². The number of hydrogen-bond donors (Lipinski definition) is 0. The number of halogens is 2. The monoisotopic (exact) mass is 629 g/mol. The summed E-state index contributed by atoms with van der Waals surface area (Å²) >= 11 is 7.90. The van der Waals surface area contributed by atoms with Gasteiger partial charge in [0.05, 0.1) is 11.4 Å². The number of rotatable bonds is 5. The molecule has 36 heavy (non-hydrogen) atoms. The fraction of sp³-hybridized carbons (Fsp3) is 0.296. The van der Waals surface area contributed by atoms with Gasteiger partial charge < -0.3 is 9.47 Å². The van der Waals surface area contributed by atoms with Crippen LogP contribution in [0.4, 0.5) is 4.79 Å². The van der Waals surface area contributed by atoms with E-state index in [4.69, 9.17) is 0 Å². The lowest BCUT2D eigenvalue weighted by atomic mass is 10.1. The molecule has 9 heteroatoms. The van der Waals surface area contributed by atoms with Gasteiger partial charge in [0.1, 0.15) is 6.54 Å². The number of likely N-dealkylation sites (tertiary alicyclic amines) is 1. The SMILES string of the molecule is O=C(Cn1cc(/C=C2\SC(=O)N(Cc3ccc(Br)cc3)C2=O)c2cc(Br)ccc21)N1CCCCCC1. The third-order valence-corrected chi connectivity index (χ3v) is 8.48. The Labute approximate surface area is 230 Å². The van der Waals surface area contributed by atoms with Crippen LogP contribution in [-0.2, 0) is 22.7 Å². The van der Waals surface area contributed by atoms with E-state index in [1.54, 1.807) is 6.08 Å². The van der Waals surface area contributed by atoms with Crippen LogP contribution in [-0.4, -0.2) is 44.5 Å². The van der Waals surface area contributed by atoms with Gasteiger partial charge >= 0.3 is 0 Å². The summed E-state index contributed by atoms with van der Waals surface area (Å²) in [7, 11) is 0. The molecule has 5 rings (SSSR count). The van der Waals surface area contributed by atoms with Gasteiger partial charge in [0, 0.05) is 44.7 Å². The van der Waals surface area contributed by atoms with E-state index in [9.17, 15) is 14.4 Å². The van der Waals surface area contributed by atoms with Crippen LogP contribution < -0.4 is 0 Å². The lowest BCUT2D eigenvalue weighted by Gasteiger charge is -2.20. The third-order valence-electron chi connectivity index (χ3n) is 6.55. The molecule has 0 radical (unpaired) electrons. The number of hydrogen-bond acceptors (Lipinski definition) is 4. The van der Waals surface area contributed by atoms with Crippen molar-refractivity contribution in [2.75, 3.05) is 13.1 Å². The maximum atomic E-state index is 13.1. The van der Waals surface area contributed by atoms with Gasteiger partial charge in [-0.15, -0.1) is 0 Å². The van der Waals surface area contributed by atoms with Gasteiger partial charge in [0.25, 0.3) is 11.1 Å². The van der Waals surface area contributed by atoms with E-state index in [1.807, 2.05) is 58.1 Å². The minimum atomic E-state index is -0.301. The zero-order valence-electron chi connectivity index (χ0n) is 19.6. The number of benzene rings is 2. The molecule has 0 N–H and O–H groups in total. The Morgan fingerprint density at radius 3 is 2.36 bits per heavy atom. The molecule has 186 valence electrons. The van der Waals surface area contributed by atoms with Gasteiger partial charge in [0.2, 0.25) is 5.91 Å². The second kappa shape index (κ2) is 10.9. The van der Waals surface area contributed by atoms with Gasteiger partial charge in [-0.25, -0.2) is 0 Å². The van der Waals surface area contributed by atoms with Crippen molar-refractivity contribution >= 4 is 77.7 Å². The first kappa shape index (κ1) is 25.3. The van der Waals surface area contributed by atoms with Crippen LogP contribution in [0.2, 0.25) is 0 Å². The Kier molecular flexibility index (Phi) is 7.69. The Hall–Kier alpha value is -2.36. The minimum Gasteiger partial charge on any atom is -0.341 e. The van der Waals surface area contributed by atoms with Crippen LogP contribution in [0, 0.1) is 0 Å². The second-order valence-electron chi connectivity index (χ2n) is 9.06. The van der Waals surface area contributed by atoms with Gasteiger partial charge in [-0.05, 0) is 66.6 Å². The van der Waals surface area contributed by atoms with Crippen LogP contribution in [0.1, 0.15) is 36.8 Å². The Balaban J connectivity index is 1.42. The molecule has 3 amide bonds. The molecular formula is C27H25Br2N3O3S. The first-order chi connectivity index (χ1) is 17.4. The molecule has 0 aliphatic carbocycles. The first-order valence-corrected chi connectivity index (χ1v) is 14.4. The molecule has 3 aromatic rings. The number of imide groups is 1. The average Bonchev–Trinajstić information content (AvgIpc) is 3.16. The zero-order chi connectivity index (χ0) is 25.2. The number of amides is 3. The van der Waals surface area contributed by atoms with Crippen molar-refractivity contribution in [3.8, 4) is 0 Å². The smallest absolute Gasteiger partial charge is 0.293 e. The number of aromatic nitrogens is 1. The summed E-state index contributed by atoms with van der Waals surface area (Å²) in [6.07, 6.45) is 8.12. The number of fused-ring (bicyclic) bond motifs is 1. The van der Waals surface area contributed by atoms with Crippen molar-refractivity contribution in [3.63, 3.8) is 0 Å². The lowest BCUT2D eigenvalue weighted by Crippen LogP contribution is -2.34. The molecule has 3 heterocycles. The summed E-state index contributed by atoms with van der Waals surface area (Å²) in [5.41, 5.74) is 2.61. The molecule has 0 bridgehead atoms. The van der Waals surface area contributed by atoms with Gasteiger partial charge in [-0.3, -0.25) is 19.3 Å². The number of thioether (sulfide) groups is 1. The number of carbonyl (C=O) groups excluding carboxylic acids is 3. The Bertz CT molecular complexity index is 1360. The largest absolute Gasteiger partial charge is 0.341 e. The molecule has 2 saturated heterocycles. The van der Waals surface area contributed by atoms with Crippen molar-refractivity contribution in [2.24, 2.45) is 0 Å². The molecular weight excluding hydrogens is 606 g/mol. The quantitative estimate of drug-likeness (QED) is 0.291. The molecule has 2 aliphatic rings. The molecule has 0 saturated carbocycles. The summed E-state index contributed by atoms with van der Waals surface area (Å²) in [6.45, 7) is 2.09. The lowest BCUT2D eigenvalue weighted by molar-refractivity contribution is -0.131. The average molecular weight is 631 g/mol. The highest BCUT2D eigenvalue weighted by Crippen LogP contribution is 2.35. The van der Waals surface area contributed by atoms with Crippen LogP contribution in [0.3, 0.4) is 0 Å². The van der Waals surface area contributed by atoms with Crippen molar-refractivity contribution in [2.45, 2.75) is 38.8 Å². The first-order valence-electron chi connectivity index (χ1n) is 11.9. The minimum absolute atomic E-state index is 0.109. The zero-order valence-corrected chi connectivity index (χ0v) is 23.6. The highest BCUT2D eigenvalue weighted by Gasteiger charge is 2.35. The molecule has 6 nitrogen and oxygen atoms in total. The second-order valence-corrected chi connectivity index (χ2v) is 11.9. The van der Waals surface area contributed by atoms with Crippen LogP contribution >= 0.6 is 43.6 Å². The van der Waals surface area contributed by atoms with Crippen LogP contribution in [0.25, 0.3) is 17.0 Å². The molecule has 2 fully saturated rings. The maximum absolute atomic E-state index is 13.1. The predicted molar refractivity (Wildman–Crippen MR) is 150 cm³/mol. The molecule has 1 aromatic heterocycles. The van der Waals surface area contributed by atoms with E-state index in [1.165, 1.54) is 17.7 Å². The summed E-state index contributed by atoms with van der Waals surface area (Å²) in [4.78, 5) is 42.5. The van der Waals surface area contributed by atoms with E-state index in [2.05, 4.69) is 31.9 Å². The van der Waals surface area contributed by atoms with Gasteiger partial charge in [-0.1, -0.05) is 56.8 Å². The summed E-state index contributed by atoms with van der Waals surface area (Å²) < 4.78 is 3.80. The van der Waals surface area contributed by atoms with Crippen molar-refractivity contribution in [1.82, 2.24) is 14.4 Å². The number of nitrogens with zero attached hydrogens (tertiary/aromatic N) is 3. The predicted octanol–water partition coefficient (Wildman–Crippen LogP) is 6.81. The number of carbonyl (C=O) groups is 3. The van der Waals surface area contributed by atoms with E-state index < -0.39 is 0 Å². The van der Waals surface area contributed by atoms with E-state index in [0.717, 1.165) is 68.7 Å². The molecule has 0 unspecified atom stereocenters. The van der Waals surface area contributed by atoms with Gasteiger partial charge in [-0.2, -0.15) is 0 Å². The molecule has 0 spiro atoms. The van der Waals surface area contributed by atoms with E-state index >= 15 is 0 Å². The van der Waals surface area contributed by atoms with E-state index in [0.29, 0.717) is 4.91 Å². The van der Waals surface area contributed by atoms with Crippen LogP contribution in [0.15, 0.2) is 62.5 Å². The summed E-state index contributed by atoms with van der Waals surface area (Å²) in [5, 5.41) is 0.642. The highest BCUT2D eigenvalue weighted by molar-refractivity contribution is 9.10. The molecule has 2 aliphatic heterocycles. The third kappa shape index (κ3) is 5.48. The summed E-state index contributed by atoms with van der Waals surface area (Å²) in [5.74, 6) is -0.192. The summed E-state index contributed by atoms with van der Waals surface area (Å²) in [6, 6.07) is 13.5. The van der Waals surface area contributed by atoms with E-state index in [-0.39, 0.29) is 30.1 Å². The Morgan fingerprint density at radius 2 is 1.64 bits per heavy atom. The highest BCUT2D eigenvalue weighted by atomic mass is 79.9.